The van der Waals surface area contributed by atoms with E-state index in [9.17, 15) is 9.59 Å². The molecule has 18 heavy (non-hydrogen) atoms. The Morgan fingerprint density at radius 3 is 3.06 bits per heavy atom. The van der Waals surface area contributed by atoms with Crippen molar-refractivity contribution in [1.29, 1.82) is 0 Å². The number of aromatic nitrogens is 1. The zero-order valence-corrected chi connectivity index (χ0v) is 9.78. The minimum atomic E-state index is -0.868. The van der Waals surface area contributed by atoms with Gasteiger partial charge in [0.1, 0.15) is 6.61 Å². The molecule has 1 aliphatic heterocycles. The summed E-state index contributed by atoms with van der Waals surface area (Å²) in [6.07, 6.45) is 1.67. The first kappa shape index (κ1) is 12.3. The maximum atomic E-state index is 11.6. The van der Waals surface area contributed by atoms with Crippen LogP contribution in [0, 0.1) is 0 Å². The fraction of sp³-hybridized carbons (Fsp3) is 0.417. The van der Waals surface area contributed by atoms with Crippen molar-refractivity contribution in [3.05, 3.63) is 30.1 Å². The van der Waals surface area contributed by atoms with Crippen LogP contribution in [0.25, 0.3) is 0 Å². The van der Waals surface area contributed by atoms with E-state index in [1.54, 1.807) is 12.3 Å². The van der Waals surface area contributed by atoms with E-state index >= 15 is 0 Å². The van der Waals surface area contributed by atoms with Crippen LogP contribution in [0.2, 0.25) is 0 Å². The van der Waals surface area contributed by atoms with Gasteiger partial charge < -0.3 is 9.84 Å². The van der Waals surface area contributed by atoms with E-state index in [1.807, 2.05) is 12.1 Å². The van der Waals surface area contributed by atoms with Gasteiger partial charge in [-0.3, -0.25) is 14.7 Å². The molecule has 1 atom stereocenters. The number of cyclic esters (lactones) is 1. The van der Waals surface area contributed by atoms with Crippen molar-refractivity contribution in [2.45, 2.75) is 25.4 Å². The number of hydrogen-bond donors (Lipinski definition) is 1. The number of carbonyl (C=O) groups excluding carboxylic acids is 1. The van der Waals surface area contributed by atoms with E-state index in [4.69, 9.17) is 9.84 Å². The molecule has 1 saturated heterocycles. The molecule has 6 heteroatoms. The maximum absolute atomic E-state index is 11.6. The third-order valence-corrected chi connectivity index (χ3v) is 2.82. The highest BCUT2D eigenvalue weighted by molar-refractivity contribution is 5.70. The molecule has 0 spiro atoms. The first-order valence-electron chi connectivity index (χ1n) is 5.72. The van der Waals surface area contributed by atoms with Gasteiger partial charge >= 0.3 is 12.1 Å². The fourth-order valence-corrected chi connectivity index (χ4v) is 1.88. The van der Waals surface area contributed by atoms with Crippen molar-refractivity contribution in [2.24, 2.45) is 0 Å². The molecule has 1 unspecified atom stereocenters. The van der Waals surface area contributed by atoms with Crippen LogP contribution in [-0.2, 0) is 16.1 Å². The molecule has 2 heterocycles. The second-order valence-electron chi connectivity index (χ2n) is 4.11. The molecule has 1 aromatic rings. The summed E-state index contributed by atoms with van der Waals surface area (Å²) >= 11 is 0. The Kier molecular flexibility index (Phi) is 3.76. The second-order valence-corrected chi connectivity index (χ2v) is 4.11. The summed E-state index contributed by atoms with van der Waals surface area (Å²) in [5.41, 5.74) is 0.761. The van der Waals surface area contributed by atoms with E-state index in [1.165, 1.54) is 4.90 Å². The van der Waals surface area contributed by atoms with Crippen LogP contribution in [0.3, 0.4) is 0 Å². The molecular weight excluding hydrogens is 236 g/mol. The van der Waals surface area contributed by atoms with Crippen molar-refractivity contribution in [1.82, 2.24) is 9.88 Å². The van der Waals surface area contributed by atoms with Gasteiger partial charge in [0.15, 0.2) is 0 Å². The van der Waals surface area contributed by atoms with E-state index in [-0.39, 0.29) is 19.1 Å². The van der Waals surface area contributed by atoms with Gasteiger partial charge in [-0.2, -0.15) is 0 Å². The van der Waals surface area contributed by atoms with Crippen molar-refractivity contribution in [2.75, 3.05) is 6.61 Å². The number of ether oxygens (including phenoxy) is 1. The molecule has 96 valence electrons. The van der Waals surface area contributed by atoms with Gasteiger partial charge in [-0.15, -0.1) is 0 Å². The second kappa shape index (κ2) is 5.48. The van der Waals surface area contributed by atoms with Gasteiger partial charge in [0.2, 0.25) is 0 Å². The van der Waals surface area contributed by atoms with Crippen LogP contribution in [0.4, 0.5) is 4.79 Å². The third-order valence-electron chi connectivity index (χ3n) is 2.82. The number of pyridine rings is 1. The predicted octanol–water partition coefficient (Wildman–Crippen LogP) is 1.27. The van der Waals surface area contributed by atoms with Crippen molar-refractivity contribution < 1.29 is 19.4 Å². The molecule has 1 N–H and O–H groups in total. The summed E-state index contributed by atoms with van der Waals surface area (Å²) in [6, 6.07) is 5.28. The molecule has 1 fully saturated rings. The van der Waals surface area contributed by atoms with Crippen LogP contribution in [0.15, 0.2) is 24.4 Å². The number of hydrogen-bond acceptors (Lipinski definition) is 4. The number of nitrogens with zero attached hydrogens (tertiary/aromatic N) is 2. The van der Waals surface area contributed by atoms with E-state index in [0.29, 0.717) is 13.0 Å². The lowest BCUT2D eigenvalue weighted by atomic mass is 10.1. The van der Waals surface area contributed by atoms with Gasteiger partial charge in [-0.05, 0) is 18.6 Å². The summed E-state index contributed by atoms with van der Waals surface area (Å²) in [7, 11) is 0. The van der Waals surface area contributed by atoms with E-state index < -0.39 is 12.1 Å². The summed E-state index contributed by atoms with van der Waals surface area (Å²) in [4.78, 5) is 27.8. The molecule has 0 aromatic carbocycles. The SMILES string of the molecule is O=C(O)CCC1COC(=O)N1Cc1ccccn1. The van der Waals surface area contributed by atoms with Gasteiger partial charge in [-0.1, -0.05) is 6.07 Å². The lowest BCUT2D eigenvalue weighted by Crippen LogP contribution is -2.33. The highest BCUT2D eigenvalue weighted by atomic mass is 16.6. The zero-order valence-electron chi connectivity index (χ0n) is 9.78. The van der Waals surface area contributed by atoms with Gasteiger partial charge in [0.25, 0.3) is 0 Å². The van der Waals surface area contributed by atoms with E-state index in [0.717, 1.165) is 5.69 Å². The quantitative estimate of drug-likeness (QED) is 0.851. The monoisotopic (exact) mass is 250 g/mol. The van der Waals surface area contributed by atoms with Crippen LogP contribution >= 0.6 is 0 Å². The number of carbonyl (C=O) groups is 2. The topological polar surface area (TPSA) is 79.7 Å². The molecule has 6 nitrogen and oxygen atoms in total. The zero-order chi connectivity index (χ0) is 13.0. The van der Waals surface area contributed by atoms with Gasteiger partial charge in [-0.25, -0.2) is 4.79 Å². The molecule has 0 bridgehead atoms. The number of aliphatic carboxylic acids is 1. The van der Waals surface area contributed by atoms with Crippen LogP contribution in [-0.4, -0.2) is 39.7 Å². The Labute approximate surface area is 104 Å². The lowest BCUT2D eigenvalue weighted by Gasteiger charge is -2.20. The first-order chi connectivity index (χ1) is 8.66. The average molecular weight is 250 g/mol. The highest BCUT2D eigenvalue weighted by Gasteiger charge is 2.33. The lowest BCUT2D eigenvalue weighted by molar-refractivity contribution is -0.137. The molecule has 0 aliphatic carbocycles. The normalized spacial score (nSPS) is 18.8. The number of rotatable bonds is 5. The summed E-state index contributed by atoms with van der Waals surface area (Å²) in [5, 5.41) is 8.66. The Morgan fingerprint density at radius 2 is 2.39 bits per heavy atom. The van der Waals surface area contributed by atoms with Crippen LogP contribution < -0.4 is 0 Å². The van der Waals surface area contributed by atoms with Crippen molar-refractivity contribution in [3.8, 4) is 0 Å². The molecule has 1 aliphatic rings. The van der Waals surface area contributed by atoms with Crippen LogP contribution in [0.1, 0.15) is 18.5 Å². The van der Waals surface area contributed by atoms with Crippen LogP contribution in [0.5, 0.6) is 0 Å². The Balaban J connectivity index is 1.99. The Bertz CT molecular complexity index is 435. The highest BCUT2D eigenvalue weighted by Crippen LogP contribution is 2.19. The minimum absolute atomic E-state index is 0.0278. The van der Waals surface area contributed by atoms with Crippen molar-refractivity contribution in [3.63, 3.8) is 0 Å². The number of carboxylic acids is 1. The smallest absolute Gasteiger partial charge is 0.410 e. The standard InChI is InChI=1S/C12H14N2O4/c15-11(16)5-4-10-8-18-12(17)14(10)7-9-3-1-2-6-13-9/h1-3,6,10H,4-5,7-8H2,(H,15,16). The minimum Gasteiger partial charge on any atom is -0.481 e. The molecule has 0 saturated carbocycles. The Morgan fingerprint density at radius 1 is 1.56 bits per heavy atom. The summed E-state index contributed by atoms with van der Waals surface area (Å²) < 4.78 is 4.95. The third kappa shape index (κ3) is 2.97. The maximum Gasteiger partial charge on any atom is 0.410 e. The summed E-state index contributed by atoms with van der Waals surface area (Å²) in [6.45, 7) is 0.600. The molecular formula is C12H14N2O4. The van der Waals surface area contributed by atoms with E-state index in [2.05, 4.69) is 4.98 Å². The Hall–Kier alpha value is -2.11. The summed E-state index contributed by atoms with van der Waals surface area (Å²) in [5.74, 6) is -0.868. The molecule has 2 rings (SSSR count). The molecule has 0 radical (unpaired) electrons. The fourth-order valence-electron chi connectivity index (χ4n) is 1.88. The van der Waals surface area contributed by atoms with Crippen molar-refractivity contribution >= 4 is 12.1 Å². The largest absolute Gasteiger partial charge is 0.481 e. The molecule has 1 aromatic heterocycles. The first-order valence-corrected chi connectivity index (χ1v) is 5.72. The van der Waals surface area contributed by atoms with Gasteiger partial charge in [0.05, 0.1) is 18.3 Å². The number of amides is 1. The molecule has 1 amide bonds. The average Bonchev–Trinajstić information content (AvgIpc) is 2.70. The van der Waals surface area contributed by atoms with Gasteiger partial charge in [0, 0.05) is 12.6 Å². The number of carboxylic acid groups (broad SMARTS) is 1. The predicted molar refractivity (Wildman–Crippen MR) is 61.8 cm³/mol.